The van der Waals surface area contributed by atoms with Crippen LogP contribution in [0.1, 0.15) is 123 Å². The Morgan fingerprint density at radius 2 is 1.21 bits per heavy atom. The summed E-state index contributed by atoms with van der Waals surface area (Å²) in [7, 11) is -5.07. The van der Waals surface area contributed by atoms with Crippen molar-refractivity contribution in [2.75, 3.05) is 26.4 Å². The van der Waals surface area contributed by atoms with E-state index in [4.69, 9.17) is 23.5 Å². The standard InChI is InChI=1S/C44H72O12S/c1-3-5-7-9-11-13-15-17-19-20-22-24-26-28-30-32-34-52-36-38(37-53-44-42(48)43(56-57(49,50)51)41(47)39(35-45)55-44)54-40(46)33-31-29-27-25-23-21-18-16-14-12-10-8-6-4-2/h5,7,10-13,16-19,22,24,28,30,38-39,41-45,47-48H,3-4,6,8-9,14-15,20-21,23,25-27,29,31-37H2,1-2H3,(H,49,50,51)/b7-5-,12-10-,13-11-,18-16-,19-17-,24-22-,30-28-. The summed E-state index contributed by atoms with van der Waals surface area (Å²) in [5, 5.41) is 30.6. The van der Waals surface area contributed by atoms with Gasteiger partial charge < -0.3 is 34.3 Å². The van der Waals surface area contributed by atoms with E-state index < -0.39 is 59.8 Å². The quantitative estimate of drug-likeness (QED) is 0.0212. The van der Waals surface area contributed by atoms with Crippen LogP contribution >= 0.6 is 0 Å². The number of carbonyl (C=O) groups is 1. The van der Waals surface area contributed by atoms with Gasteiger partial charge in [0, 0.05) is 6.42 Å². The predicted octanol–water partition coefficient (Wildman–Crippen LogP) is 8.12. The molecule has 1 aliphatic heterocycles. The van der Waals surface area contributed by atoms with Crippen LogP contribution < -0.4 is 0 Å². The van der Waals surface area contributed by atoms with Crippen molar-refractivity contribution in [3.8, 4) is 0 Å². The summed E-state index contributed by atoms with van der Waals surface area (Å²) >= 11 is 0. The average molecular weight is 825 g/mol. The molecule has 0 bridgehead atoms. The third kappa shape index (κ3) is 29.2. The van der Waals surface area contributed by atoms with E-state index in [1.807, 2.05) is 12.2 Å². The topological polar surface area (TPSA) is 178 Å². The van der Waals surface area contributed by atoms with Gasteiger partial charge in [0.2, 0.25) is 0 Å². The number of carbonyl (C=O) groups excluding carboxylic acids is 1. The lowest BCUT2D eigenvalue weighted by Crippen LogP contribution is -2.60. The molecule has 12 nitrogen and oxygen atoms in total. The van der Waals surface area contributed by atoms with E-state index in [0.29, 0.717) is 19.4 Å². The SMILES string of the molecule is CC/C=C\C/C=C\C/C=C\C/C=C\C/C=C\CCOCC(COC1OC(CO)C(O)C(OS(=O)(=O)O)C1O)OC(=O)CCCCCCC/C=C\C/C=C\CCCC. The highest BCUT2D eigenvalue weighted by Crippen LogP contribution is 2.26. The first-order valence-corrected chi connectivity index (χ1v) is 22.2. The maximum Gasteiger partial charge on any atom is 0.397 e. The number of hydrogen-bond donors (Lipinski definition) is 4. The highest BCUT2D eigenvalue weighted by molar-refractivity contribution is 7.80. The predicted molar refractivity (Wildman–Crippen MR) is 225 cm³/mol. The Kier molecular flexibility index (Phi) is 32.3. The number of unbranched alkanes of at least 4 members (excludes halogenated alkanes) is 7. The minimum atomic E-state index is -5.07. The molecule has 4 N–H and O–H groups in total. The summed E-state index contributed by atoms with van der Waals surface area (Å²) in [6.07, 6.45) is 36.4. The number of allylic oxidation sites excluding steroid dienone is 13. The molecule has 0 aromatic heterocycles. The van der Waals surface area contributed by atoms with Crippen LogP contribution in [0.2, 0.25) is 0 Å². The minimum absolute atomic E-state index is 0.0295. The van der Waals surface area contributed by atoms with Gasteiger partial charge in [-0.15, -0.1) is 0 Å². The first-order chi connectivity index (χ1) is 27.6. The zero-order chi connectivity index (χ0) is 41.8. The van der Waals surface area contributed by atoms with Crippen LogP contribution in [-0.2, 0) is 38.3 Å². The number of rotatable bonds is 34. The van der Waals surface area contributed by atoms with Crippen LogP contribution in [0.5, 0.6) is 0 Å². The van der Waals surface area contributed by atoms with Crippen LogP contribution in [0.3, 0.4) is 0 Å². The van der Waals surface area contributed by atoms with Gasteiger partial charge in [-0.2, -0.15) is 8.42 Å². The molecule has 0 aromatic rings. The van der Waals surface area contributed by atoms with Crippen molar-refractivity contribution in [1.29, 1.82) is 0 Å². The van der Waals surface area contributed by atoms with Crippen LogP contribution in [-0.4, -0.2) is 97.5 Å². The molecule has 0 spiro atoms. The van der Waals surface area contributed by atoms with Gasteiger partial charge in [-0.05, 0) is 70.6 Å². The second-order valence-electron chi connectivity index (χ2n) is 13.8. The fourth-order valence-electron chi connectivity index (χ4n) is 5.63. The monoisotopic (exact) mass is 824 g/mol. The lowest BCUT2D eigenvalue weighted by molar-refractivity contribution is -0.301. The molecular weight excluding hydrogens is 753 g/mol. The third-order valence-electron chi connectivity index (χ3n) is 8.77. The molecule has 1 aliphatic rings. The molecule has 6 unspecified atom stereocenters. The van der Waals surface area contributed by atoms with Crippen LogP contribution in [0.25, 0.3) is 0 Å². The largest absolute Gasteiger partial charge is 0.457 e. The Morgan fingerprint density at radius 3 is 1.77 bits per heavy atom. The van der Waals surface area contributed by atoms with Crippen molar-refractivity contribution in [3.63, 3.8) is 0 Å². The first kappa shape index (κ1) is 52.3. The van der Waals surface area contributed by atoms with E-state index in [1.54, 1.807) is 0 Å². The van der Waals surface area contributed by atoms with Crippen molar-refractivity contribution in [2.45, 2.75) is 160 Å². The van der Waals surface area contributed by atoms with E-state index in [1.165, 1.54) is 12.8 Å². The molecule has 1 rings (SSSR count). The zero-order valence-electron chi connectivity index (χ0n) is 34.4. The lowest BCUT2D eigenvalue weighted by Gasteiger charge is -2.41. The normalized spacial score (nSPS) is 21.5. The fourth-order valence-corrected chi connectivity index (χ4v) is 6.14. The Hall–Kier alpha value is -2.72. The van der Waals surface area contributed by atoms with Gasteiger partial charge >= 0.3 is 16.4 Å². The Balaban J connectivity index is 2.55. The molecule has 0 radical (unpaired) electrons. The summed E-state index contributed by atoms with van der Waals surface area (Å²) in [6.45, 7) is 3.56. The van der Waals surface area contributed by atoms with Crippen molar-refractivity contribution in [1.82, 2.24) is 0 Å². The summed E-state index contributed by atoms with van der Waals surface area (Å²) in [6, 6.07) is 0. The van der Waals surface area contributed by atoms with Crippen LogP contribution in [0.15, 0.2) is 85.1 Å². The van der Waals surface area contributed by atoms with Gasteiger partial charge in [0.25, 0.3) is 0 Å². The highest BCUT2D eigenvalue weighted by atomic mass is 32.3. The molecule has 0 saturated carbocycles. The van der Waals surface area contributed by atoms with Crippen molar-refractivity contribution in [3.05, 3.63) is 85.1 Å². The van der Waals surface area contributed by atoms with E-state index in [0.717, 1.165) is 77.0 Å². The maximum atomic E-state index is 12.8. The summed E-state index contributed by atoms with van der Waals surface area (Å²) < 4.78 is 58.8. The van der Waals surface area contributed by atoms with E-state index in [-0.39, 0.29) is 19.6 Å². The van der Waals surface area contributed by atoms with Gasteiger partial charge in [-0.1, -0.05) is 131 Å². The van der Waals surface area contributed by atoms with Crippen LogP contribution in [0.4, 0.5) is 0 Å². The van der Waals surface area contributed by atoms with E-state index in [9.17, 15) is 28.5 Å². The van der Waals surface area contributed by atoms with Crippen molar-refractivity contribution >= 4 is 16.4 Å². The number of esters is 1. The second-order valence-corrected chi connectivity index (χ2v) is 14.9. The summed E-state index contributed by atoms with van der Waals surface area (Å²) in [5.74, 6) is -0.443. The van der Waals surface area contributed by atoms with E-state index in [2.05, 4.69) is 90.9 Å². The van der Waals surface area contributed by atoms with Gasteiger partial charge in [0.15, 0.2) is 6.29 Å². The number of hydrogen-bond acceptors (Lipinski definition) is 11. The molecule has 57 heavy (non-hydrogen) atoms. The fraction of sp³-hybridized carbons (Fsp3) is 0.659. The molecular formula is C44H72O12S. The minimum Gasteiger partial charge on any atom is -0.457 e. The molecule has 1 fully saturated rings. The third-order valence-corrected chi connectivity index (χ3v) is 9.24. The van der Waals surface area contributed by atoms with Gasteiger partial charge in [-0.25, -0.2) is 4.18 Å². The molecule has 1 heterocycles. The lowest BCUT2D eigenvalue weighted by atomic mass is 9.99. The molecule has 0 aromatic carbocycles. The van der Waals surface area contributed by atoms with E-state index >= 15 is 0 Å². The van der Waals surface area contributed by atoms with Gasteiger partial charge in [-0.3, -0.25) is 9.35 Å². The molecule has 326 valence electrons. The average Bonchev–Trinajstić information content (AvgIpc) is 3.18. The van der Waals surface area contributed by atoms with Gasteiger partial charge in [0.05, 0.1) is 26.4 Å². The number of aliphatic hydroxyl groups excluding tert-OH is 3. The van der Waals surface area contributed by atoms with Crippen LogP contribution in [0, 0.1) is 0 Å². The highest BCUT2D eigenvalue weighted by Gasteiger charge is 2.48. The molecule has 6 atom stereocenters. The Bertz CT molecular complexity index is 1320. The van der Waals surface area contributed by atoms with Crippen molar-refractivity contribution in [2.24, 2.45) is 0 Å². The Morgan fingerprint density at radius 1 is 0.684 bits per heavy atom. The first-order valence-electron chi connectivity index (χ1n) is 20.8. The second kappa shape index (κ2) is 35.2. The summed E-state index contributed by atoms with van der Waals surface area (Å²) in [5.41, 5.74) is 0. The summed E-state index contributed by atoms with van der Waals surface area (Å²) in [4.78, 5) is 12.8. The molecule has 0 amide bonds. The maximum absolute atomic E-state index is 12.8. The Labute approximate surface area is 343 Å². The molecule has 1 saturated heterocycles. The smallest absolute Gasteiger partial charge is 0.397 e. The van der Waals surface area contributed by atoms with Crippen molar-refractivity contribution < 1.29 is 56.2 Å². The number of ether oxygens (including phenoxy) is 4. The van der Waals surface area contributed by atoms with Gasteiger partial charge in [0.1, 0.15) is 30.5 Å². The zero-order valence-corrected chi connectivity index (χ0v) is 35.2. The number of aliphatic hydroxyl groups is 3. The molecule has 13 heteroatoms. The molecule has 0 aliphatic carbocycles.